The maximum Gasteiger partial charge on any atom is 0.411 e. The minimum atomic E-state index is -4.22. The highest BCUT2D eigenvalue weighted by molar-refractivity contribution is 4.87. The monoisotopic (exact) mass is 282 g/mol. The van der Waals surface area contributed by atoms with Crippen LogP contribution in [0.2, 0.25) is 0 Å². The summed E-state index contributed by atoms with van der Waals surface area (Å²) in [4.78, 5) is 2.30. The van der Waals surface area contributed by atoms with E-state index in [0.29, 0.717) is 12.5 Å². The Hall–Kier alpha value is -0.330. The van der Waals surface area contributed by atoms with Crippen molar-refractivity contribution in [1.82, 2.24) is 10.2 Å². The molecule has 1 unspecified atom stereocenters. The molecule has 0 amide bonds. The van der Waals surface area contributed by atoms with E-state index in [4.69, 9.17) is 0 Å². The Labute approximate surface area is 113 Å². The molecule has 1 fully saturated rings. The molecular formula is C13H25F3N2O. The quantitative estimate of drug-likeness (QED) is 0.783. The lowest BCUT2D eigenvalue weighted by Gasteiger charge is -2.40. The third-order valence-electron chi connectivity index (χ3n) is 3.33. The lowest BCUT2D eigenvalue weighted by Crippen LogP contribution is -2.55. The number of alkyl halides is 3. The van der Waals surface area contributed by atoms with Crippen LogP contribution in [0.3, 0.4) is 0 Å². The Morgan fingerprint density at radius 3 is 2.53 bits per heavy atom. The van der Waals surface area contributed by atoms with Crippen LogP contribution in [0.5, 0.6) is 0 Å². The van der Waals surface area contributed by atoms with Crippen LogP contribution < -0.4 is 5.32 Å². The second-order valence-corrected chi connectivity index (χ2v) is 6.19. The van der Waals surface area contributed by atoms with Crippen LogP contribution in [-0.4, -0.2) is 56.5 Å². The van der Waals surface area contributed by atoms with Crippen LogP contribution in [-0.2, 0) is 4.74 Å². The highest BCUT2D eigenvalue weighted by Crippen LogP contribution is 2.21. The minimum absolute atomic E-state index is 0.170. The lowest BCUT2D eigenvalue weighted by atomic mass is 9.85. The summed E-state index contributed by atoms with van der Waals surface area (Å²) in [6, 6.07) is 0.428. The third kappa shape index (κ3) is 7.13. The van der Waals surface area contributed by atoms with E-state index < -0.39 is 12.8 Å². The average molecular weight is 282 g/mol. The normalized spacial score (nSPS) is 22.7. The molecule has 114 valence electrons. The van der Waals surface area contributed by atoms with Gasteiger partial charge < -0.3 is 15.0 Å². The molecule has 0 aromatic carbocycles. The van der Waals surface area contributed by atoms with Gasteiger partial charge in [0.05, 0.1) is 0 Å². The second kappa shape index (κ2) is 6.90. The standard InChI is InChI=1S/C13H25F3N2O/c1-12(2,3)11-9-18(7-5-17-11)6-4-8-19-10-13(14,15)16/h11,17H,4-10H2,1-3H3. The van der Waals surface area contributed by atoms with Crippen LogP contribution in [0.25, 0.3) is 0 Å². The third-order valence-corrected chi connectivity index (χ3v) is 3.33. The Balaban J connectivity index is 2.16. The molecule has 0 aromatic rings. The van der Waals surface area contributed by atoms with Crippen LogP contribution in [0.1, 0.15) is 27.2 Å². The van der Waals surface area contributed by atoms with Gasteiger partial charge in [0.25, 0.3) is 0 Å². The van der Waals surface area contributed by atoms with E-state index in [-0.39, 0.29) is 12.0 Å². The van der Waals surface area contributed by atoms with Crippen LogP contribution in [0, 0.1) is 5.41 Å². The molecule has 1 rings (SSSR count). The zero-order chi connectivity index (χ0) is 14.5. The first-order chi connectivity index (χ1) is 8.68. The van der Waals surface area contributed by atoms with Crippen molar-refractivity contribution in [2.24, 2.45) is 5.41 Å². The molecule has 1 saturated heterocycles. The van der Waals surface area contributed by atoms with Crippen molar-refractivity contribution in [2.45, 2.75) is 39.4 Å². The van der Waals surface area contributed by atoms with Gasteiger partial charge >= 0.3 is 6.18 Å². The minimum Gasteiger partial charge on any atom is -0.372 e. The summed E-state index contributed by atoms with van der Waals surface area (Å²) in [5, 5.41) is 3.49. The Morgan fingerprint density at radius 2 is 1.95 bits per heavy atom. The largest absolute Gasteiger partial charge is 0.411 e. The predicted molar refractivity (Wildman–Crippen MR) is 69.2 cm³/mol. The number of piperazine rings is 1. The van der Waals surface area contributed by atoms with Crippen molar-refractivity contribution in [3.8, 4) is 0 Å². The predicted octanol–water partition coefficient (Wildman–Crippen LogP) is 2.28. The molecule has 1 aliphatic heterocycles. The molecule has 1 aliphatic rings. The van der Waals surface area contributed by atoms with Crippen LogP contribution in [0.15, 0.2) is 0 Å². The van der Waals surface area contributed by atoms with Crippen molar-refractivity contribution >= 4 is 0 Å². The SMILES string of the molecule is CC(C)(C)C1CN(CCCOCC(F)(F)F)CCN1. The number of nitrogens with one attached hydrogen (secondary N) is 1. The molecule has 0 saturated carbocycles. The Kier molecular flexibility index (Phi) is 6.08. The highest BCUT2D eigenvalue weighted by atomic mass is 19.4. The summed E-state index contributed by atoms with van der Waals surface area (Å²) in [6.45, 7) is 9.25. The number of hydrogen-bond donors (Lipinski definition) is 1. The van der Waals surface area contributed by atoms with Gasteiger partial charge in [-0.15, -0.1) is 0 Å². The zero-order valence-electron chi connectivity index (χ0n) is 12.0. The van der Waals surface area contributed by atoms with Gasteiger partial charge in [-0.1, -0.05) is 20.8 Å². The van der Waals surface area contributed by atoms with Gasteiger partial charge in [-0.25, -0.2) is 0 Å². The fourth-order valence-corrected chi connectivity index (χ4v) is 2.17. The van der Waals surface area contributed by atoms with E-state index in [1.165, 1.54) is 0 Å². The molecule has 0 spiro atoms. The van der Waals surface area contributed by atoms with Crippen molar-refractivity contribution < 1.29 is 17.9 Å². The molecule has 19 heavy (non-hydrogen) atoms. The van der Waals surface area contributed by atoms with Gasteiger partial charge in [-0.2, -0.15) is 13.2 Å². The van der Waals surface area contributed by atoms with Crippen molar-refractivity contribution in [3.63, 3.8) is 0 Å². The Bertz CT molecular complexity index is 264. The first-order valence-corrected chi connectivity index (χ1v) is 6.79. The first kappa shape index (κ1) is 16.7. The summed E-state index contributed by atoms with van der Waals surface area (Å²) < 4.78 is 40.2. The summed E-state index contributed by atoms with van der Waals surface area (Å²) in [7, 11) is 0. The molecule has 6 heteroatoms. The topological polar surface area (TPSA) is 24.5 Å². The van der Waals surface area contributed by atoms with Crippen molar-refractivity contribution in [1.29, 1.82) is 0 Å². The van der Waals surface area contributed by atoms with Gasteiger partial charge in [0.15, 0.2) is 0 Å². The van der Waals surface area contributed by atoms with Crippen LogP contribution in [0.4, 0.5) is 13.2 Å². The average Bonchev–Trinajstić information content (AvgIpc) is 2.26. The zero-order valence-corrected chi connectivity index (χ0v) is 12.0. The first-order valence-electron chi connectivity index (χ1n) is 6.79. The number of ether oxygens (including phenoxy) is 1. The summed E-state index contributed by atoms with van der Waals surface area (Å²) in [5.74, 6) is 0. The number of nitrogens with zero attached hydrogens (tertiary/aromatic N) is 1. The smallest absolute Gasteiger partial charge is 0.372 e. The fourth-order valence-electron chi connectivity index (χ4n) is 2.17. The van der Waals surface area contributed by atoms with Gasteiger partial charge in [0, 0.05) is 38.8 Å². The van der Waals surface area contributed by atoms with Gasteiger partial charge in [0.1, 0.15) is 6.61 Å². The van der Waals surface area contributed by atoms with E-state index in [2.05, 4.69) is 35.7 Å². The van der Waals surface area contributed by atoms with E-state index in [9.17, 15) is 13.2 Å². The fraction of sp³-hybridized carbons (Fsp3) is 1.00. The molecule has 0 aromatic heterocycles. The molecule has 1 N–H and O–H groups in total. The number of halogens is 3. The van der Waals surface area contributed by atoms with E-state index in [1.807, 2.05) is 0 Å². The van der Waals surface area contributed by atoms with E-state index in [1.54, 1.807) is 0 Å². The summed E-state index contributed by atoms with van der Waals surface area (Å²) >= 11 is 0. The molecule has 0 aliphatic carbocycles. The summed E-state index contributed by atoms with van der Waals surface area (Å²) in [5.41, 5.74) is 0.200. The van der Waals surface area contributed by atoms with E-state index in [0.717, 1.165) is 26.2 Å². The van der Waals surface area contributed by atoms with Gasteiger partial charge in [0.2, 0.25) is 0 Å². The lowest BCUT2D eigenvalue weighted by molar-refractivity contribution is -0.174. The molecule has 0 bridgehead atoms. The number of hydrogen-bond acceptors (Lipinski definition) is 3. The van der Waals surface area contributed by atoms with Crippen molar-refractivity contribution in [3.05, 3.63) is 0 Å². The van der Waals surface area contributed by atoms with Gasteiger partial charge in [-0.3, -0.25) is 0 Å². The van der Waals surface area contributed by atoms with Crippen molar-refractivity contribution in [2.75, 3.05) is 39.4 Å². The maximum atomic E-state index is 11.9. The Morgan fingerprint density at radius 1 is 1.26 bits per heavy atom. The number of rotatable bonds is 5. The maximum absolute atomic E-state index is 11.9. The van der Waals surface area contributed by atoms with Gasteiger partial charge in [-0.05, 0) is 11.8 Å². The summed E-state index contributed by atoms with van der Waals surface area (Å²) in [6.07, 6.45) is -3.57. The van der Waals surface area contributed by atoms with E-state index >= 15 is 0 Å². The molecule has 3 nitrogen and oxygen atoms in total. The molecule has 1 atom stereocenters. The molecule has 1 heterocycles. The molecule has 0 radical (unpaired) electrons. The second-order valence-electron chi connectivity index (χ2n) is 6.19. The van der Waals surface area contributed by atoms with Crippen LogP contribution >= 0.6 is 0 Å². The molecular weight excluding hydrogens is 257 g/mol. The highest BCUT2D eigenvalue weighted by Gasteiger charge is 2.29.